The number of rotatable bonds is 8. The minimum absolute atomic E-state index is 0.134. The summed E-state index contributed by atoms with van der Waals surface area (Å²) in [5.74, 6) is 0. The van der Waals surface area contributed by atoms with Crippen LogP contribution in [-0.4, -0.2) is 30.0 Å². The maximum Gasteiger partial charge on any atom is 0.0853 e. The van der Waals surface area contributed by atoms with Gasteiger partial charge in [0, 0.05) is 21.8 Å². The number of nitrogens with one attached hydrogen (secondary N) is 1. The molecule has 7 heteroatoms. The zero-order valence-corrected chi connectivity index (χ0v) is 16.1. The lowest BCUT2D eigenvalue weighted by Crippen LogP contribution is -2.26. The highest BCUT2D eigenvalue weighted by molar-refractivity contribution is 9.10. The van der Waals surface area contributed by atoms with E-state index in [-0.39, 0.29) is 6.04 Å². The molecule has 116 valence electrons. The van der Waals surface area contributed by atoms with Crippen LogP contribution >= 0.6 is 43.2 Å². The Bertz CT molecular complexity index is 570. The molecule has 0 aliphatic carbocycles. The molecule has 0 bridgehead atoms. The minimum Gasteiger partial charge on any atom is -0.383 e. The molecule has 0 saturated carbocycles. The van der Waals surface area contributed by atoms with Gasteiger partial charge in [0.25, 0.3) is 0 Å². The Morgan fingerprint density at radius 1 is 1.48 bits per heavy atom. The second-order valence-corrected chi connectivity index (χ2v) is 7.36. The van der Waals surface area contributed by atoms with E-state index in [0.29, 0.717) is 6.61 Å². The monoisotopic (exact) mass is 435 g/mol. The first-order valence-corrected chi connectivity index (χ1v) is 9.31. The Kier molecular flexibility index (Phi) is 6.88. The van der Waals surface area contributed by atoms with E-state index in [0.717, 1.165) is 34.1 Å². The molecule has 0 saturated heterocycles. The Balaban J connectivity index is 2.33. The summed E-state index contributed by atoms with van der Waals surface area (Å²) in [5, 5.41) is 10.2. The van der Waals surface area contributed by atoms with E-state index >= 15 is 0 Å². The second-order valence-electron chi connectivity index (χ2n) is 4.65. The van der Waals surface area contributed by atoms with E-state index in [4.69, 9.17) is 4.74 Å². The van der Waals surface area contributed by atoms with Crippen LogP contribution in [0.5, 0.6) is 0 Å². The summed E-state index contributed by atoms with van der Waals surface area (Å²) in [5.41, 5.74) is 1.15. The molecule has 0 amide bonds. The van der Waals surface area contributed by atoms with Crippen LogP contribution in [0.15, 0.2) is 26.6 Å². The molecule has 4 nitrogen and oxygen atoms in total. The van der Waals surface area contributed by atoms with E-state index in [1.165, 1.54) is 4.88 Å². The quantitative estimate of drug-likeness (QED) is 0.673. The summed E-state index contributed by atoms with van der Waals surface area (Å²) >= 11 is 8.92. The fourth-order valence-corrected chi connectivity index (χ4v) is 4.16. The van der Waals surface area contributed by atoms with Crippen molar-refractivity contribution in [3.8, 4) is 0 Å². The molecule has 1 N–H and O–H groups in total. The molecular weight excluding hydrogens is 418 g/mol. The lowest BCUT2D eigenvalue weighted by atomic mass is 10.1. The van der Waals surface area contributed by atoms with Crippen molar-refractivity contribution in [2.75, 3.05) is 20.3 Å². The third-order valence-corrected chi connectivity index (χ3v) is 5.45. The molecular formula is C14H19Br2N3OS. The van der Waals surface area contributed by atoms with Gasteiger partial charge in [-0.1, -0.05) is 6.92 Å². The molecule has 0 radical (unpaired) electrons. The molecule has 21 heavy (non-hydrogen) atoms. The maximum atomic E-state index is 5.18. The Hall–Kier alpha value is -0.210. The highest BCUT2D eigenvalue weighted by atomic mass is 79.9. The van der Waals surface area contributed by atoms with Crippen LogP contribution in [0.4, 0.5) is 0 Å². The summed E-state index contributed by atoms with van der Waals surface area (Å²) in [7, 11) is 1.71. The average molecular weight is 437 g/mol. The average Bonchev–Trinajstić information content (AvgIpc) is 3.05. The van der Waals surface area contributed by atoms with Gasteiger partial charge in [0.05, 0.1) is 35.6 Å². The molecule has 1 unspecified atom stereocenters. The number of hydrogen-bond acceptors (Lipinski definition) is 4. The Labute approximate surface area is 146 Å². The number of hydrogen-bond donors (Lipinski definition) is 1. The van der Waals surface area contributed by atoms with Gasteiger partial charge in [0.2, 0.25) is 0 Å². The van der Waals surface area contributed by atoms with Gasteiger partial charge in [-0.05, 0) is 50.9 Å². The predicted molar refractivity (Wildman–Crippen MR) is 94.0 cm³/mol. The van der Waals surface area contributed by atoms with Gasteiger partial charge in [-0.15, -0.1) is 11.3 Å². The molecule has 2 heterocycles. The van der Waals surface area contributed by atoms with Crippen LogP contribution in [0.25, 0.3) is 0 Å². The lowest BCUT2D eigenvalue weighted by Gasteiger charge is -2.19. The van der Waals surface area contributed by atoms with E-state index < -0.39 is 0 Å². The van der Waals surface area contributed by atoms with Gasteiger partial charge in [-0.2, -0.15) is 5.10 Å². The highest BCUT2D eigenvalue weighted by Gasteiger charge is 2.22. The van der Waals surface area contributed by atoms with Crippen molar-refractivity contribution in [1.82, 2.24) is 15.1 Å². The van der Waals surface area contributed by atoms with Crippen molar-refractivity contribution in [3.63, 3.8) is 0 Å². The summed E-state index contributed by atoms with van der Waals surface area (Å²) in [6, 6.07) is 2.30. The molecule has 0 aliphatic rings. The van der Waals surface area contributed by atoms with Gasteiger partial charge in [0.1, 0.15) is 0 Å². The molecule has 0 fully saturated rings. The number of aromatic nitrogens is 2. The summed E-state index contributed by atoms with van der Waals surface area (Å²) < 4.78 is 9.33. The molecule has 2 aromatic rings. The molecule has 2 rings (SSSR count). The lowest BCUT2D eigenvalue weighted by molar-refractivity contribution is 0.182. The van der Waals surface area contributed by atoms with Gasteiger partial charge in [-0.3, -0.25) is 4.68 Å². The van der Waals surface area contributed by atoms with Gasteiger partial charge in [0.15, 0.2) is 0 Å². The van der Waals surface area contributed by atoms with Crippen molar-refractivity contribution >= 4 is 43.2 Å². The van der Waals surface area contributed by atoms with Crippen molar-refractivity contribution in [3.05, 3.63) is 37.2 Å². The first-order chi connectivity index (χ1) is 10.2. The van der Waals surface area contributed by atoms with Gasteiger partial charge < -0.3 is 10.1 Å². The van der Waals surface area contributed by atoms with E-state index in [1.807, 2.05) is 10.9 Å². The molecule has 0 aromatic carbocycles. The van der Waals surface area contributed by atoms with Crippen molar-refractivity contribution in [1.29, 1.82) is 0 Å². The summed E-state index contributed by atoms with van der Waals surface area (Å²) in [6.45, 7) is 4.53. The van der Waals surface area contributed by atoms with Crippen LogP contribution < -0.4 is 5.32 Å². The first kappa shape index (κ1) is 17.1. The number of thiophene rings is 1. The van der Waals surface area contributed by atoms with Crippen molar-refractivity contribution in [2.24, 2.45) is 0 Å². The SMILES string of the molecule is CCCNC(c1cc(Br)cs1)c1c(Br)cnn1CCOC. The molecule has 0 spiro atoms. The van der Waals surface area contributed by atoms with Crippen LogP contribution in [0.1, 0.15) is 30.0 Å². The van der Waals surface area contributed by atoms with E-state index in [1.54, 1.807) is 18.4 Å². The van der Waals surface area contributed by atoms with Gasteiger partial charge in [-0.25, -0.2) is 0 Å². The van der Waals surface area contributed by atoms with Crippen LogP contribution in [0.3, 0.4) is 0 Å². The van der Waals surface area contributed by atoms with Crippen molar-refractivity contribution in [2.45, 2.75) is 25.9 Å². The zero-order valence-electron chi connectivity index (χ0n) is 12.1. The number of methoxy groups -OCH3 is 1. The fourth-order valence-electron chi connectivity index (χ4n) is 2.12. The predicted octanol–water partition coefficient (Wildman–Crippen LogP) is 4.21. The third kappa shape index (κ3) is 4.39. The van der Waals surface area contributed by atoms with Gasteiger partial charge >= 0.3 is 0 Å². The van der Waals surface area contributed by atoms with Crippen molar-refractivity contribution < 1.29 is 4.74 Å². The van der Waals surface area contributed by atoms with E-state index in [2.05, 4.69) is 60.6 Å². The smallest absolute Gasteiger partial charge is 0.0853 e. The number of ether oxygens (including phenoxy) is 1. The molecule has 1 atom stereocenters. The summed E-state index contributed by atoms with van der Waals surface area (Å²) in [4.78, 5) is 1.27. The zero-order chi connectivity index (χ0) is 15.2. The minimum atomic E-state index is 0.134. The maximum absolute atomic E-state index is 5.18. The first-order valence-electron chi connectivity index (χ1n) is 6.84. The largest absolute Gasteiger partial charge is 0.383 e. The molecule has 0 aliphatic heterocycles. The normalized spacial score (nSPS) is 12.8. The summed E-state index contributed by atoms with van der Waals surface area (Å²) in [6.07, 6.45) is 2.95. The fraction of sp³-hybridized carbons (Fsp3) is 0.500. The van der Waals surface area contributed by atoms with Crippen LogP contribution in [0, 0.1) is 0 Å². The number of halogens is 2. The highest BCUT2D eigenvalue weighted by Crippen LogP contribution is 2.33. The van der Waals surface area contributed by atoms with Crippen LogP contribution in [-0.2, 0) is 11.3 Å². The second kappa shape index (κ2) is 8.43. The number of nitrogens with zero attached hydrogens (tertiary/aromatic N) is 2. The third-order valence-electron chi connectivity index (χ3n) is 3.08. The van der Waals surface area contributed by atoms with Crippen LogP contribution in [0.2, 0.25) is 0 Å². The Morgan fingerprint density at radius 3 is 2.90 bits per heavy atom. The Morgan fingerprint density at radius 2 is 2.29 bits per heavy atom. The van der Waals surface area contributed by atoms with E-state index in [9.17, 15) is 0 Å². The molecule has 2 aromatic heterocycles. The standard InChI is InChI=1S/C14H19Br2N3OS/c1-3-4-17-13(12-7-10(15)9-21-12)14-11(16)8-18-19(14)5-6-20-2/h7-9,13,17H,3-6H2,1-2H3. The topological polar surface area (TPSA) is 39.1 Å².